The van der Waals surface area contributed by atoms with Gasteiger partial charge in [-0.2, -0.15) is 0 Å². The van der Waals surface area contributed by atoms with Gasteiger partial charge in [0.05, 0.1) is 0 Å². The Balaban J connectivity index is 2.27. The lowest BCUT2D eigenvalue weighted by Crippen LogP contribution is -2.11. The van der Waals surface area contributed by atoms with Gasteiger partial charge in [0.25, 0.3) is 0 Å². The molecular formula is C8H10O2. The van der Waals surface area contributed by atoms with Crippen molar-refractivity contribution in [2.75, 3.05) is 0 Å². The Labute approximate surface area is 59.9 Å². The van der Waals surface area contributed by atoms with Crippen LogP contribution in [-0.4, -0.2) is 11.1 Å². The summed E-state index contributed by atoms with van der Waals surface area (Å²) in [4.78, 5) is 10.0. The van der Waals surface area contributed by atoms with Crippen molar-refractivity contribution in [2.24, 2.45) is 5.92 Å². The molecule has 0 bridgehead atoms. The van der Waals surface area contributed by atoms with Crippen LogP contribution in [0.15, 0.2) is 24.3 Å². The van der Waals surface area contributed by atoms with E-state index in [0.717, 1.165) is 12.8 Å². The maximum atomic E-state index is 10.0. The maximum absolute atomic E-state index is 10.0. The normalized spacial score (nSPS) is 19.4. The molecule has 0 unspecified atom stereocenters. The van der Waals surface area contributed by atoms with Crippen molar-refractivity contribution in [1.82, 2.24) is 0 Å². The molecule has 0 aromatic heterocycles. The second-order valence-electron chi connectivity index (χ2n) is 2.62. The first-order chi connectivity index (χ1) is 4.68. The molecule has 1 rings (SSSR count). The largest absolute Gasteiger partial charge is 0.478 e. The van der Waals surface area contributed by atoms with E-state index in [1.54, 1.807) is 6.08 Å². The number of carboxylic acids is 1. The Morgan fingerprint density at radius 2 is 2.30 bits per heavy atom. The molecule has 0 saturated heterocycles. The first kappa shape index (κ1) is 7.06. The number of rotatable bonds is 2. The standard InChI is InChI=1S/C8H10O2/c1-6-4-7(5-6)2-3-8(9)10/h2-3,7H,1,4-5H2,(H,9,10)/b3-2+. The van der Waals surface area contributed by atoms with Crippen LogP contribution in [0.3, 0.4) is 0 Å². The van der Waals surface area contributed by atoms with E-state index in [1.165, 1.54) is 11.6 Å². The van der Waals surface area contributed by atoms with Gasteiger partial charge in [-0.15, -0.1) is 0 Å². The minimum absolute atomic E-state index is 0.434. The Morgan fingerprint density at radius 3 is 2.70 bits per heavy atom. The monoisotopic (exact) mass is 138 g/mol. The van der Waals surface area contributed by atoms with Gasteiger partial charge in [0, 0.05) is 6.08 Å². The molecule has 0 radical (unpaired) electrons. The third-order valence-electron chi connectivity index (χ3n) is 1.61. The lowest BCUT2D eigenvalue weighted by atomic mass is 9.81. The van der Waals surface area contributed by atoms with E-state index < -0.39 is 5.97 Å². The summed E-state index contributed by atoms with van der Waals surface area (Å²) >= 11 is 0. The van der Waals surface area contributed by atoms with Crippen LogP contribution in [0, 0.1) is 5.92 Å². The Morgan fingerprint density at radius 1 is 1.70 bits per heavy atom. The van der Waals surface area contributed by atoms with Crippen molar-refractivity contribution in [2.45, 2.75) is 12.8 Å². The molecule has 10 heavy (non-hydrogen) atoms. The van der Waals surface area contributed by atoms with Gasteiger partial charge in [-0.25, -0.2) is 4.79 Å². The van der Waals surface area contributed by atoms with Crippen molar-refractivity contribution in [1.29, 1.82) is 0 Å². The second-order valence-corrected chi connectivity index (χ2v) is 2.62. The van der Waals surface area contributed by atoms with Crippen LogP contribution in [0.4, 0.5) is 0 Å². The number of hydrogen-bond acceptors (Lipinski definition) is 1. The Kier molecular flexibility index (Phi) is 1.90. The Bertz CT molecular complexity index is 183. The van der Waals surface area contributed by atoms with Crippen LogP contribution >= 0.6 is 0 Å². The molecule has 1 saturated carbocycles. The highest BCUT2D eigenvalue weighted by Gasteiger charge is 2.17. The average Bonchev–Trinajstić information content (AvgIpc) is 1.77. The highest BCUT2D eigenvalue weighted by Crippen LogP contribution is 2.31. The molecular weight excluding hydrogens is 128 g/mol. The topological polar surface area (TPSA) is 37.3 Å². The van der Waals surface area contributed by atoms with Crippen LogP contribution in [0.1, 0.15) is 12.8 Å². The smallest absolute Gasteiger partial charge is 0.327 e. The fraction of sp³-hybridized carbons (Fsp3) is 0.375. The summed E-state index contributed by atoms with van der Waals surface area (Å²) in [6.45, 7) is 3.76. The maximum Gasteiger partial charge on any atom is 0.327 e. The van der Waals surface area contributed by atoms with Gasteiger partial charge < -0.3 is 5.11 Å². The molecule has 0 heterocycles. The van der Waals surface area contributed by atoms with Gasteiger partial charge in [0.15, 0.2) is 0 Å². The summed E-state index contributed by atoms with van der Waals surface area (Å²) in [5.74, 6) is -0.430. The summed E-state index contributed by atoms with van der Waals surface area (Å²) in [5.41, 5.74) is 1.22. The van der Waals surface area contributed by atoms with E-state index >= 15 is 0 Å². The van der Waals surface area contributed by atoms with Crippen molar-refractivity contribution in [3.8, 4) is 0 Å². The number of aliphatic carboxylic acids is 1. The van der Waals surface area contributed by atoms with E-state index in [4.69, 9.17) is 5.11 Å². The van der Waals surface area contributed by atoms with Crippen molar-refractivity contribution < 1.29 is 9.90 Å². The molecule has 2 heteroatoms. The second kappa shape index (κ2) is 2.69. The van der Waals surface area contributed by atoms with Crippen molar-refractivity contribution >= 4 is 5.97 Å². The van der Waals surface area contributed by atoms with E-state index in [9.17, 15) is 4.79 Å². The molecule has 0 aromatic rings. The quantitative estimate of drug-likeness (QED) is 0.464. The molecule has 1 fully saturated rings. The van der Waals surface area contributed by atoms with Gasteiger partial charge in [0.1, 0.15) is 0 Å². The number of carbonyl (C=O) groups is 1. The molecule has 1 aliphatic carbocycles. The van der Waals surface area contributed by atoms with Gasteiger partial charge in [0.2, 0.25) is 0 Å². The van der Waals surface area contributed by atoms with E-state index in [-0.39, 0.29) is 0 Å². The molecule has 0 amide bonds. The zero-order chi connectivity index (χ0) is 7.56. The molecule has 54 valence electrons. The predicted molar refractivity (Wildman–Crippen MR) is 38.6 cm³/mol. The molecule has 0 aliphatic heterocycles. The van der Waals surface area contributed by atoms with Crippen molar-refractivity contribution in [3.05, 3.63) is 24.3 Å². The van der Waals surface area contributed by atoms with Crippen LogP contribution in [0.25, 0.3) is 0 Å². The number of hydrogen-bond donors (Lipinski definition) is 1. The molecule has 1 aliphatic rings. The van der Waals surface area contributed by atoms with Crippen LogP contribution in [0.2, 0.25) is 0 Å². The molecule has 1 N–H and O–H groups in total. The summed E-state index contributed by atoms with van der Waals surface area (Å²) in [6, 6.07) is 0. The van der Waals surface area contributed by atoms with Crippen LogP contribution < -0.4 is 0 Å². The van der Waals surface area contributed by atoms with Crippen LogP contribution in [-0.2, 0) is 4.79 Å². The molecule has 0 atom stereocenters. The Hall–Kier alpha value is -1.05. The first-order valence-electron chi connectivity index (χ1n) is 3.26. The zero-order valence-electron chi connectivity index (χ0n) is 5.71. The predicted octanol–water partition coefficient (Wildman–Crippen LogP) is 1.59. The number of carboxylic acid groups (broad SMARTS) is 1. The highest BCUT2D eigenvalue weighted by atomic mass is 16.4. The first-order valence-corrected chi connectivity index (χ1v) is 3.26. The SMILES string of the molecule is C=C1CC(/C=C/C(=O)O)C1. The highest BCUT2D eigenvalue weighted by molar-refractivity contribution is 5.79. The molecule has 0 spiro atoms. The average molecular weight is 138 g/mol. The fourth-order valence-corrected chi connectivity index (χ4v) is 1.04. The van der Waals surface area contributed by atoms with E-state index in [2.05, 4.69) is 6.58 Å². The van der Waals surface area contributed by atoms with Crippen LogP contribution in [0.5, 0.6) is 0 Å². The van der Waals surface area contributed by atoms with Gasteiger partial charge in [-0.3, -0.25) is 0 Å². The fourth-order valence-electron chi connectivity index (χ4n) is 1.04. The van der Waals surface area contributed by atoms with Gasteiger partial charge >= 0.3 is 5.97 Å². The van der Waals surface area contributed by atoms with Gasteiger partial charge in [-0.05, 0) is 18.8 Å². The summed E-state index contributed by atoms with van der Waals surface area (Å²) in [6.07, 6.45) is 4.86. The third-order valence-corrected chi connectivity index (χ3v) is 1.61. The van der Waals surface area contributed by atoms with Gasteiger partial charge in [-0.1, -0.05) is 18.2 Å². The summed E-state index contributed by atoms with van der Waals surface area (Å²) in [7, 11) is 0. The lowest BCUT2D eigenvalue weighted by molar-refractivity contribution is -0.131. The third kappa shape index (κ3) is 1.72. The molecule has 2 nitrogen and oxygen atoms in total. The minimum Gasteiger partial charge on any atom is -0.478 e. The van der Waals surface area contributed by atoms with E-state index in [1.807, 2.05) is 0 Å². The summed E-state index contributed by atoms with van der Waals surface area (Å²) in [5, 5.41) is 8.24. The zero-order valence-corrected chi connectivity index (χ0v) is 5.71. The van der Waals surface area contributed by atoms with Crippen molar-refractivity contribution in [3.63, 3.8) is 0 Å². The number of allylic oxidation sites excluding steroid dienone is 2. The van der Waals surface area contributed by atoms with E-state index in [0.29, 0.717) is 5.92 Å². The minimum atomic E-state index is -0.863. The summed E-state index contributed by atoms with van der Waals surface area (Å²) < 4.78 is 0. The lowest BCUT2D eigenvalue weighted by Gasteiger charge is -2.24. The molecule has 0 aromatic carbocycles.